The van der Waals surface area contributed by atoms with E-state index in [1.165, 1.54) is 5.56 Å². The van der Waals surface area contributed by atoms with Gasteiger partial charge in [0.25, 0.3) is 0 Å². The van der Waals surface area contributed by atoms with Crippen molar-refractivity contribution >= 4 is 11.6 Å². The zero-order valence-electron chi connectivity index (χ0n) is 12.3. The van der Waals surface area contributed by atoms with E-state index in [-0.39, 0.29) is 11.9 Å². The topological polar surface area (TPSA) is 46.3 Å². The lowest BCUT2D eigenvalue weighted by Gasteiger charge is -2.42. The second kappa shape index (κ2) is 4.97. The Morgan fingerprint density at radius 3 is 2.58 bits per heavy atom. The molecule has 1 heterocycles. The molecule has 1 amide bonds. The minimum Gasteiger partial charge on any atom is -0.327 e. The van der Waals surface area contributed by atoms with Gasteiger partial charge in [-0.3, -0.25) is 4.79 Å². The fraction of sp³-hybridized carbons (Fsp3) is 0.562. The van der Waals surface area contributed by atoms with Crippen molar-refractivity contribution < 1.29 is 4.79 Å². The number of nitrogens with two attached hydrogens (primary N) is 1. The van der Waals surface area contributed by atoms with E-state index in [0.29, 0.717) is 12.5 Å². The van der Waals surface area contributed by atoms with Crippen LogP contribution in [0.1, 0.15) is 45.6 Å². The van der Waals surface area contributed by atoms with Gasteiger partial charge in [0.05, 0.1) is 5.41 Å². The van der Waals surface area contributed by atoms with Gasteiger partial charge >= 0.3 is 0 Å². The van der Waals surface area contributed by atoms with Gasteiger partial charge in [0.1, 0.15) is 0 Å². The first-order valence-corrected chi connectivity index (χ1v) is 7.02. The van der Waals surface area contributed by atoms with Crippen molar-refractivity contribution in [2.45, 2.75) is 46.1 Å². The highest BCUT2D eigenvalue weighted by Gasteiger charge is 2.42. The maximum absolute atomic E-state index is 12.7. The van der Waals surface area contributed by atoms with Gasteiger partial charge in [-0.1, -0.05) is 32.0 Å². The lowest BCUT2D eigenvalue weighted by Crippen LogP contribution is -2.56. The number of nitrogens with zero attached hydrogens (tertiary/aromatic N) is 1. The average Bonchev–Trinajstić information content (AvgIpc) is 2.37. The van der Waals surface area contributed by atoms with Gasteiger partial charge in [-0.05, 0) is 37.8 Å². The van der Waals surface area contributed by atoms with E-state index in [1.54, 1.807) is 0 Å². The molecule has 1 aromatic carbocycles. The van der Waals surface area contributed by atoms with Crippen LogP contribution in [0.3, 0.4) is 0 Å². The molecule has 0 aliphatic carbocycles. The molecular weight excluding hydrogens is 236 g/mol. The molecule has 1 fully saturated rings. The Morgan fingerprint density at radius 1 is 1.32 bits per heavy atom. The first kappa shape index (κ1) is 14.1. The summed E-state index contributed by atoms with van der Waals surface area (Å²) in [5, 5.41) is 0. The molecule has 1 atom stereocenters. The van der Waals surface area contributed by atoms with E-state index >= 15 is 0 Å². The Kier molecular flexibility index (Phi) is 3.68. The predicted octanol–water partition coefficient (Wildman–Crippen LogP) is 2.90. The fourth-order valence-corrected chi connectivity index (χ4v) is 2.69. The average molecular weight is 260 g/mol. The van der Waals surface area contributed by atoms with Gasteiger partial charge in [-0.25, -0.2) is 0 Å². The molecule has 3 heteroatoms. The normalized spacial score (nSPS) is 22.9. The van der Waals surface area contributed by atoms with Crippen molar-refractivity contribution in [1.29, 1.82) is 0 Å². The Hall–Kier alpha value is -1.35. The van der Waals surface area contributed by atoms with Crippen LogP contribution in [0.5, 0.6) is 0 Å². The summed E-state index contributed by atoms with van der Waals surface area (Å²) in [6.07, 6.45) is 0.852. The number of amides is 1. The van der Waals surface area contributed by atoms with Gasteiger partial charge in [0.15, 0.2) is 0 Å². The molecule has 0 spiro atoms. The SMILES string of the molecule is CC(C)c1ccccc1N1CCC(N)C(C)(C)C1=O. The first-order chi connectivity index (χ1) is 8.85. The lowest BCUT2D eigenvalue weighted by atomic mass is 9.78. The summed E-state index contributed by atoms with van der Waals surface area (Å²) in [6, 6.07) is 8.12. The summed E-state index contributed by atoms with van der Waals surface area (Å²) in [5.74, 6) is 0.544. The second-order valence-electron chi connectivity index (χ2n) is 6.29. The van der Waals surface area contributed by atoms with Crippen LogP contribution in [0.4, 0.5) is 5.69 Å². The third-order valence-corrected chi connectivity index (χ3v) is 4.24. The standard InChI is InChI=1S/C16H24N2O/c1-11(2)12-7-5-6-8-13(12)18-10-9-14(17)16(3,4)15(18)19/h5-8,11,14H,9-10,17H2,1-4H3. The first-order valence-electron chi connectivity index (χ1n) is 7.02. The van der Waals surface area contributed by atoms with Crippen LogP contribution in [0.2, 0.25) is 0 Å². The summed E-state index contributed by atoms with van der Waals surface area (Å²) in [6.45, 7) is 8.93. The quantitative estimate of drug-likeness (QED) is 0.888. The molecule has 1 aliphatic rings. The minimum atomic E-state index is -0.484. The molecule has 1 aromatic rings. The minimum absolute atomic E-state index is 0.0533. The highest BCUT2D eigenvalue weighted by atomic mass is 16.2. The molecule has 1 aliphatic heterocycles. The molecule has 2 rings (SSSR count). The molecule has 1 unspecified atom stereocenters. The Morgan fingerprint density at radius 2 is 1.95 bits per heavy atom. The van der Waals surface area contributed by atoms with E-state index in [1.807, 2.05) is 36.9 Å². The van der Waals surface area contributed by atoms with Gasteiger partial charge in [0, 0.05) is 18.3 Å². The maximum atomic E-state index is 12.7. The number of anilines is 1. The molecule has 0 bridgehead atoms. The zero-order chi connectivity index (χ0) is 14.2. The van der Waals surface area contributed by atoms with Gasteiger partial charge in [-0.2, -0.15) is 0 Å². The monoisotopic (exact) mass is 260 g/mol. The van der Waals surface area contributed by atoms with Crippen molar-refractivity contribution in [3.05, 3.63) is 29.8 Å². The molecule has 0 saturated carbocycles. The zero-order valence-corrected chi connectivity index (χ0v) is 12.3. The van der Waals surface area contributed by atoms with Gasteiger partial charge in [-0.15, -0.1) is 0 Å². The Balaban J connectivity index is 2.40. The summed E-state index contributed by atoms with van der Waals surface area (Å²) in [4.78, 5) is 14.6. The highest BCUT2D eigenvalue weighted by Crippen LogP contribution is 2.35. The number of rotatable bonds is 2. The number of para-hydroxylation sites is 1. The summed E-state index contributed by atoms with van der Waals surface area (Å²) < 4.78 is 0. The van der Waals surface area contributed by atoms with Crippen molar-refractivity contribution in [2.75, 3.05) is 11.4 Å². The molecule has 3 nitrogen and oxygen atoms in total. The fourth-order valence-electron chi connectivity index (χ4n) is 2.69. The Bertz CT molecular complexity index is 479. The van der Waals surface area contributed by atoms with Crippen LogP contribution in [0.15, 0.2) is 24.3 Å². The lowest BCUT2D eigenvalue weighted by molar-refractivity contribution is -0.129. The number of hydrogen-bond donors (Lipinski definition) is 1. The molecule has 19 heavy (non-hydrogen) atoms. The number of benzene rings is 1. The van der Waals surface area contributed by atoms with E-state index in [4.69, 9.17) is 5.73 Å². The summed E-state index contributed by atoms with van der Waals surface area (Å²) >= 11 is 0. The van der Waals surface area contributed by atoms with Crippen molar-refractivity contribution in [3.63, 3.8) is 0 Å². The summed E-state index contributed by atoms with van der Waals surface area (Å²) in [7, 11) is 0. The van der Waals surface area contributed by atoms with Crippen molar-refractivity contribution in [1.82, 2.24) is 0 Å². The number of hydrogen-bond acceptors (Lipinski definition) is 2. The van der Waals surface area contributed by atoms with Crippen LogP contribution in [-0.4, -0.2) is 18.5 Å². The van der Waals surface area contributed by atoms with Crippen LogP contribution >= 0.6 is 0 Å². The summed E-state index contributed by atoms with van der Waals surface area (Å²) in [5.41, 5.74) is 7.88. The Labute approximate surface area is 115 Å². The van der Waals surface area contributed by atoms with Gasteiger partial charge < -0.3 is 10.6 Å². The largest absolute Gasteiger partial charge is 0.327 e. The van der Waals surface area contributed by atoms with E-state index < -0.39 is 5.41 Å². The van der Waals surface area contributed by atoms with E-state index in [2.05, 4.69) is 19.9 Å². The number of piperidine rings is 1. The van der Waals surface area contributed by atoms with Crippen LogP contribution < -0.4 is 10.6 Å². The van der Waals surface area contributed by atoms with E-state index in [0.717, 1.165) is 12.1 Å². The number of carbonyl (C=O) groups is 1. The smallest absolute Gasteiger partial charge is 0.234 e. The molecular formula is C16H24N2O. The molecule has 0 radical (unpaired) electrons. The second-order valence-corrected chi connectivity index (χ2v) is 6.29. The number of carbonyl (C=O) groups excluding carboxylic acids is 1. The predicted molar refractivity (Wildman–Crippen MR) is 79.3 cm³/mol. The van der Waals surface area contributed by atoms with Crippen LogP contribution in [0, 0.1) is 5.41 Å². The third-order valence-electron chi connectivity index (χ3n) is 4.24. The molecule has 0 aromatic heterocycles. The van der Waals surface area contributed by atoms with Crippen LogP contribution in [0.25, 0.3) is 0 Å². The van der Waals surface area contributed by atoms with Crippen LogP contribution in [-0.2, 0) is 4.79 Å². The maximum Gasteiger partial charge on any atom is 0.234 e. The van der Waals surface area contributed by atoms with E-state index in [9.17, 15) is 4.79 Å². The van der Waals surface area contributed by atoms with Crippen molar-refractivity contribution in [2.24, 2.45) is 11.1 Å². The molecule has 2 N–H and O–H groups in total. The van der Waals surface area contributed by atoms with Crippen molar-refractivity contribution in [3.8, 4) is 0 Å². The molecule has 1 saturated heterocycles. The third kappa shape index (κ3) is 2.39. The van der Waals surface area contributed by atoms with Gasteiger partial charge in [0.2, 0.25) is 5.91 Å². The highest BCUT2D eigenvalue weighted by molar-refractivity contribution is 5.99. The molecule has 104 valence electrons.